The highest BCUT2D eigenvalue weighted by atomic mass is 32.2. The van der Waals surface area contributed by atoms with Crippen molar-refractivity contribution in [3.05, 3.63) is 120 Å². The van der Waals surface area contributed by atoms with E-state index in [1.165, 1.54) is 16.4 Å². The number of aromatic amines is 1. The molecule has 0 saturated heterocycles. The minimum atomic E-state index is -0.957. The van der Waals surface area contributed by atoms with E-state index in [2.05, 4.69) is 23.2 Å². The van der Waals surface area contributed by atoms with Crippen LogP contribution in [0.4, 0.5) is 0 Å². The highest BCUT2D eigenvalue weighted by Gasteiger charge is 2.18. The monoisotopic (exact) mass is 517 g/mol. The van der Waals surface area contributed by atoms with Gasteiger partial charge in [0.05, 0.1) is 12.1 Å². The van der Waals surface area contributed by atoms with Gasteiger partial charge in [0.15, 0.2) is 0 Å². The summed E-state index contributed by atoms with van der Waals surface area (Å²) in [7, 11) is 0. The first-order chi connectivity index (χ1) is 18.6. The molecule has 6 aromatic rings. The van der Waals surface area contributed by atoms with Crippen LogP contribution in [0.3, 0.4) is 0 Å². The van der Waals surface area contributed by atoms with Crippen LogP contribution in [0.2, 0.25) is 0 Å². The number of H-pyrrole nitrogens is 1. The van der Waals surface area contributed by atoms with Crippen LogP contribution in [0.1, 0.15) is 15.9 Å². The molecule has 0 radical (unpaired) electrons. The summed E-state index contributed by atoms with van der Waals surface area (Å²) in [5.74, 6) is -0.957. The van der Waals surface area contributed by atoms with Gasteiger partial charge in [0.1, 0.15) is 5.65 Å². The molecule has 3 N–H and O–H groups in total. The molecule has 6 nitrogen and oxygen atoms in total. The van der Waals surface area contributed by atoms with E-state index in [0.29, 0.717) is 6.54 Å². The van der Waals surface area contributed by atoms with E-state index in [1.54, 1.807) is 12.1 Å². The number of carboxylic acid groups (broad SMARTS) is 1. The quantitative estimate of drug-likeness (QED) is 0.149. The van der Waals surface area contributed by atoms with Crippen molar-refractivity contribution in [3.63, 3.8) is 0 Å². The molecule has 0 atom stereocenters. The number of pyridine rings is 1. The van der Waals surface area contributed by atoms with Crippen LogP contribution in [0.15, 0.2) is 114 Å². The van der Waals surface area contributed by atoms with Gasteiger partial charge < -0.3 is 15.3 Å². The highest BCUT2D eigenvalue weighted by molar-refractivity contribution is 7.96. The Kier molecular flexibility index (Phi) is 6.39. The molecule has 186 valence electrons. The molecule has 0 saturated carbocycles. The summed E-state index contributed by atoms with van der Waals surface area (Å²) in [4.78, 5) is 20.5. The fraction of sp³-hybridized carbons (Fsp3) is 0.0323. The molecule has 2 aromatic heterocycles. The largest absolute Gasteiger partial charge is 0.478 e. The summed E-state index contributed by atoms with van der Waals surface area (Å²) in [5.41, 5.74) is 6.76. The van der Waals surface area contributed by atoms with Crippen molar-refractivity contribution in [1.29, 1.82) is 0 Å². The molecule has 0 amide bonds. The first-order valence-corrected chi connectivity index (χ1v) is 12.9. The molecule has 0 spiro atoms. The number of carbonyl (C=O) groups is 1. The standard InChI is InChI=1S/C31H23N3O3S/c35-31(36)23-14-12-21(13-15-23)26-18-32-30-29(28(26)22-7-3-1-4-8-22)25-17-20(11-16-27(25)33-30)19-34(37)38-24-9-5-2-6-10-24/h1-18,37H,19H2,(H,32,33)(H,35,36). The first-order valence-electron chi connectivity index (χ1n) is 12.1. The summed E-state index contributed by atoms with van der Waals surface area (Å²) < 4.78 is 1.23. The molecule has 38 heavy (non-hydrogen) atoms. The fourth-order valence-corrected chi connectivity index (χ4v) is 5.44. The van der Waals surface area contributed by atoms with Crippen molar-refractivity contribution in [2.45, 2.75) is 11.4 Å². The lowest BCUT2D eigenvalue weighted by atomic mass is 9.92. The maximum absolute atomic E-state index is 11.4. The van der Waals surface area contributed by atoms with E-state index < -0.39 is 5.97 Å². The normalized spacial score (nSPS) is 11.4. The van der Waals surface area contributed by atoms with Crippen molar-refractivity contribution in [2.24, 2.45) is 0 Å². The molecule has 7 heteroatoms. The Balaban J connectivity index is 1.48. The number of hydroxylamine groups is 1. The Bertz CT molecular complexity index is 1750. The average molecular weight is 518 g/mol. The number of fused-ring (bicyclic) bond motifs is 3. The number of benzene rings is 4. The van der Waals surface area contributed by atoms with Crippen molar-refractivity contribution < 1.29 is 15.1 Å². The summed E-state index contributed by atoms with van der Waals surface area (Å²) in [6.45, 7) is 0.340. The van der Waals surface area contributed by atoms with Crippen LogP contribution < -0.4 is 0 Å². The van der Waals surface area contributed by atoms with Gasteiger partial charge in [0.2, 0.25) is 0 Å². The maximum Gasteiger partial charge on any atom is 0.335 e. The summed E-state index contributed by atoms with van der Waals surface area (Å²) >= 11 is 1.28. The second kappa shape index (κ2) is 10.1. The Morgan fingerprint density at radius 1 is 0.868 bits per heavy atom. The molecular formula is C31H23N3O3S. The lowest BCUT2D eigenvalue weighted by molar-refractivity contribution is 0.00894. The zero-order valence-corrected chi connectivity index (χ0v) is 21.0. The number of nitrogens with one attached hydrogen (secondary N) is 1. The number of nitrogens with zero attached hydrogens (tertiary/aromatic N) is 2. The predicted octanol–water partition coefficient (Wildman–Crippen LogP) is 7.65. The maximum atomic E-state index is 11.4. The fourth-order valence-electron chi connectivity index (χ4n) is 4.71. The van der Waals surface area contributed by atoms with E-state index in [0.717, 1.165) is 54.6 Å². The third kappa shape index (κ3) is 4.66. The van der Waals surface area contributed by atoms with Gasteiger partial charge in [-0.3, -0.25) is 0 Å². The van der Waals surface area contributed by atoms with Crippen LogP contribution in [0.25, 0.3) is 44.2 Å². The molecule has 6 rings (SSSR count). The van der Waals surface area contributed by atoms with Crippen molar-refractivity contribution in [2.75, 3.05) is 0 Å². The average Bonchev–Trinajstić information content (AvgIpc) is 3.31. The van der Waals surface area contributed by atoms with E-state index in [1.807, 2.05) is 79.0 Å². The van der Waals surface area contributed by atoms with Gasteiger partial charge in [-0.05, 0) is 65.0 Å². The Morgan fingerprint density at radius 2 is 1.58 bits per heavy atom. The minimum absolute atomic E-state index is 0.239. The Hall–Kier alpha value is -4.43. The minimum Gasteiger partial charge on any atom is -0.478 e. The second-order valence-corrected chi connectivity index (χ2v) is 10.0. The van der Waals surface area contributed by atoms with E-state index in [9.17, 15) is 15.1 Å². The molecule has 0 aliphatic carbocycles. The van der Waals surface area contributed by atoms with Gasteiger partial charge in [-0.1, -0.05) is 66.7 Å². The molecular weight excluding hydrogens is 494 g/mol. The van der Waals surface area contributed by atoms with Crippen molar-refractivity contribution in [1.82, 2.24) is 14.4 Å². The van der Waals surface area contributed by atoms with Crippen molar-refractivity contribution in [3.8, 4) is 22.3 Å². The lowest BCUT2D eigenvalue weighted by Crippen LogP contribution is -2.09. The zero-order valence-electron chi connectivity index (χ0n) is 20.2. The van der Waals surface area contributed by atoms with Gasteiger partial charge in [0, 0.05) is 38.5 Å². The predicted molar refractivity (Wildman–Crippen MR) is 151 cm³/mol. The molecule has 2 heterocycles. The molecule has 0 bridgehead atoms. The topological polar surface area (TPSA) is 89.4 Å². The second-order valence-electron chi connectivity index (χ2n) is 8.94. The number of aromatic carboxylic acids is 1. The summed E-state index contributed by atoms with van der Waals surface area (Å²) in [6, 6.07) is 32.9. The van der Waals surface area contributed by atoms with Gasteiger partial charge >= 0.3 is 5.97 Å². The lowest BCUT2D eigenvalue weighted by Gasteiger charge is -2.14. The van der Waals surface area contributed by atoms with Gasteiger partial charge in [-0.25, -0.2) is 9.78 Å². The van der Waals surface area contributed by atoms with Crippen molar-refractivity contribution >= 4 is 39.9 Å². The third-order valence-electron chi connectivity index (χ3n) is 6.46. The summed E-state index contributed by atoms with van der Waals surface area (Å²) in [6.07, 6.45) is 1.84. The molecule has 0 aliphatic heterocycles. The molecule has 0 unspecified atom stereocenters. The van der Waals surface area contributed by atoms with E-state index in [-0.39, 0.29) is 5.56 Å². The van der Waals surface area contributed by atoms with Crippen LogP contribution in [0.5, 0.6) is 0 Å². The number of carboxylic acids is 1. The smallest absolute Gasteiger partial charge is 0.335 e. The third-order valence-corrected chi connectivity index (χ3v) is 7.29. The number of aromatic nitrogens is 2. The van der Waals surface area contributed by atoms with Crippen LogP contribution >= 0.6 is 11.9 Å². The number of hydrogen-bond acceptors (Lipinski definition) is 5. The SMILES string of the molecule is O=C(O)c1ccc(-c2cnc3[nH]c4ccc(CN(O)Sc5ccccc5)cc4c3c2-c2ccccc2)cc1. The van der Waals surface area contributed by atoms with Gasteiger partial charge in [-0.15, -0.1) is 4.47 Å². The van der Waals surface area contributed by atoms with Gasteiger partial charge in [0.25, 0.3) is 0 Å². The zero-order chi connectivity index (χ0) is 26.1. The molecule has 4 aromatic carbocycles. The van der Waals surface area contributed by atoms with E-state index in [4.69, 9.17) is 4.98 Å². The van der Waals surface area contributed by atoms with Gasteiger partial charge in [-0.2, -0.15) is 0 Å². The van der Waals surface area contributed by atoms with E-state index >= 15 is 0 Å². The number of rotatable bonds is 7. The van der Waals surface area contributed by atoms with Crippen LogP contribution in [-0.2, 0) is 6.54 Å². The number of hydrogen-bond donors (Lipinski definition) is 3. The Morgan fingerprint density at radius 3 is 2.29 bits per heavy atom. The van der Waals surface area contributed by atoms with Crippen LogP contribution in [-0.4, -0.2) is 30.7 Å². The summed E-state index contributed by atoms with van der Waals surface area (Å²) in [5, 5.41) is 21.9. The Labute approximate surface area is 223 Å². The molecule has 0 aliphatic rings. The highest BCUT2D eigenvalue weighted by Crippen LogP contribution is 2.41. The molecule has 0 fully saturated rings. The first kappa shape index (κ1) is 23.9. The van der Waals surface area contributed by atoms with Crippen LogP contribution in [0, 0.1) is 0 Å².